The van der Waals surface area contributed by atoms with Crippen molar-refractivity contribution >= 4 is 5.82 Å². The zero-order chi connectivity index (χ0) is 16.4. The van der Waals surface area contributed by atoms with Crippen LogP contribution in [0.15, 0.2) is 24.4 Å². The fourth-order valence-corrected chi connectivity index (χ4v) is 5.17. The highest BCUT2D eigenvalue weighted by atomic mass is 15.2. The lowest BCUT2D eigenvalue weighted by atomic mass is 9.69. The standard InChI is InChI=1S/C19H31N5/c1-23-12-16(11-19(15-23)6-4-7-20-14-19)17-13-24(10-9-21-17)18-5-2-3-8-22-18/h2-3,5,8,16-17,20-21H,4,6-7,9-15H2,1H3. The van der Waals surface area contributed by atoms with Gasteiger partial charge in [0.1, 0.15) is 5.82 Å². The smallest absolute Gasteiger partial charge is 0.128 e. The van der Waals surface area contributed by atoms with Crippen molar-refractivity contribution in [2.45, 2.75) is 25.3 Å². The summed E-state index contributed by atoms with van der Waals surface area (Å²) in [6.45, 7) is 8.08. The lowest BCUT2D eigenvalue weighted by molar-refractivity contribution is 0.0292. The van der Waals surface area contributed by atoms with Crippen LogP contribution in [0.3, 0.4) is 0 Å². The summed E-state index contributed by atoms with van der Waals surface area (Å²) in [4.78, 5) is 9.59. The Morgan fingerprint density at radius 2 is 2.21 bits per heavy atom. The molecule has 3 aliphatic heterocycles. The number of piperidine rings is 2. The Labute approximate surface area is 145 Å². The topological polar surface area (TPSA) is 43.4 Å². The maximum atomic E-state index is 4.56. The zero-order valence-electron chi connectivity index (χ0n) is 14.9. The van der Waals surface area contributed by atoms with Gasteiger partial charge in [0.15, 0.2) is 0 Å². The number of pyridine rings is 1. The summed E-state index contributed by atoms with van der Waals surface area (Å²) in [5.41, 5.74) is 0.491. The second kappa shape index (κ2) is 6.98. The van der Waals surface area contributed by atoms with Crippen LogP contribution in [0.2, 0.25) is 0 Å². The van der Waals surface area contributed by atoms with E-state index in [0.717, 1.165) is 31.4 Å². The number of anilines is 1. The molecule has 0 bridgehead atoms. The van der Waals surface area contributed by atoms with Gasteiger partial charge < -0.3 is 20.4 Å². The molecule has 3 fully saturated rings. The van der Waals surface area contributed by atoms with Crippen molar-refractivity contribution in [3.63, 3.8) is 0 Å². The molecule has 5 nitrogen and oxygen atoms in total. The number of hydrogen-bond acceptors (Lipinski definition) is 5. The van der Waals surface area contributed by atoms with E-state index >= 15 is 0 Å². The normalized spacial score (nSPS) is 35.3. The van der Waals surface area contributed by atoms with Crippen molar-refractivity contribution < 1.29 is 0 Å². The average Bonchev–Trinajstić information content (AvgIpc) is 2.62. The summed E-state index contributed by atoms with van der Waals surface area (Å²) in [6, 6.07) is 6.81. The Kier molecular flexibility index (Phi) is 4.74. The highest BCUT2D eigenvalue weighted by Gasteiger charge is 2.42. The van der Waals surface area contributed by atoms with E-state index in [4.69, 9.17) is 0 Å². The van der Waals surface area contributed by atoms with Gasteiger partial charge in [0.25, 0.3) is 0 Å². The molecule has 0 radical (unpaired) electrons. The summed E-state index contributed by atoms with van der Waals surface area (Å²) in [5, 5.41) is 7.47. The van der Waals surface area contributed by atoms with Crippen LogP contribution in [0.25, 0.3) is 0 Å². The molecule has 0 aliphatic carbocycles. The van der Waals surface area contributed by atoms with Crippen molar-refractivity contribution in [1.29, 1.82) is 0 Å². The molecule has 24 heavy (non-hydrogen) atoms. The molecule has 1 aromatic heterocycles. The number of nitrogens with one attached hydrogen (secondary N) is 2. The quantitative estimate of drug-likeness (QED) is 0.853. The molecule has 4 heterocycles. The molecule has 3 aliphatic rings. The molecular weight excluding hydrogens is 298 g/mol. The number of aromatic nitrogens is 1. The fraction of sp³-hybridized carbons (Fsp3) is 0.737. The minimum Gasteiger partial charge on any atom is -0.354 e. The molecule has 132 valence electrons. The average molecular weight is 329 g/mol. The second-order valence-electron chi connectivity index (χ2n) is 8.14. The molecule has 3 unspecified atom stereocenters. The van der Waals surface area contributed by atoms with E-state index in [0.29, 0.717) is 11.5 Å². The number of likely N-dealkylation sites (tertiary alicyclic amines) is 1. The highest BCUT2D eigenvalue weighted by Crippen LogP contribution is 2.39. The lowest BCUT2D eigenvalue weighted by Gasteiger charge is -2.50. The first kappa shape index (κ1) is 16.3. The molecule has 1 aromatic rings. The predicted octanol–water partition coefficient (Wildman–Crippen LogP) is 1.18. The minimum atomic E-state index is 0.491. The minimum absolute atomic E-state index is 0.491. The number of nitrogens with zero attached hydrogens (tertiary/aromatic N) is 3. The molecule has 0 saturated carbocycles. The number of hydrogen-bond donors (Lipinski definition) is 2. The molecule has 1 spiro atoms. The third-order valence-electron chi connectivity index (χ3n) is 6.16. The van der Waals surface area contributed by atoms with Crippen LogP contribution in [0.4, 0.5) is 5.82 Å². The van der Waals surface area contributed by atoms with Crippen molar-refractivity contribution in [1.82, 2.24) is 20.5 Å². The Morgan fingerprint density at radius 3 is 3.00 bits per heavy atom. The molecule has 3 atom stereocenters. The van der Waals surface area contributed by atoms with Gasteiger partial charge in [0.05, 0.1) is 0 Å². The van der Waals surface area contributed by atoms with E-state index in [1.807, 2.05) is 12.3 Å². The van der Waals surface area contributed by atoms with Gasteiger partial charge in [0, 0.05) is 51.5 Å². The lowest BCUT2D eigenvalue weighted by Crippen LogP contribution is -2.60. The molecule has 2 N–H and O–H groups in total. The van der Waals surface area contributed by atoms with Gasteiger partial charge in [-0.1, -0.05) is 6.07 Å². The van der Waals surface area contributed by atoms with E-state index in [9.17, 15) is 0 Å². The Hall–Kier alpha value is -1.17. The third-order valence-corrected chi connectivity index (χ3v) is 6.16. The first-order valence-corrected chi connectivity index (χ1v) is 9.53. The van der Waals surface area contributed by atoms with E-state index < -0.39 is 0 Å². The van der Waals surface area contributed by atoms with Gasteiger partial charge in [-0.25, -0.2) is 4.98 Å². The maximum Gasteiger partial charge on any atom is 0.128 e. The SMILES string of the molecule is CN1CC(C2CN(c3ccccn3)CCN2)CC2(CCCNC2)C1. The Bertz CT molecular complexity index is 528. The van der Waals surface area contributed by atoms with Crippen LogP contribution in [-0.2, 0) is 0 Å². The Morgan fingerprint density at radius 1 is 1.25 bits per heavy atom. The summed E-state index contributed by atoms with van der Waals surface area (Å²) in [7, 11) is 2.31. The first-order chi connectivity index (χ1) is 11.7. The third kappa shape index (κ3) is 3.44. The van der Waals surface area contributed by atoms with Crippen LogP contribution in [0.1, 0.15) is 19.3 Å². The van der Waals surface area contributed by atoms with Gasteiger partial charge in [-0.3, -0.25) is 0 Å². The molecule has 5 heteroatoms. The summed E-state index contributed by atoms with van der Waals surface area (Å²) >= 11 is 0. The summed E-state index contributed by atoms with van der Waals surface area (Å²) < 4.78 is 0. The van der Waals surface area contributed by atoms with E-state index in [1.165, 1.54) is 45.4 Å². The van der Waals surface area contributed by atoms with Gasteiger partial charge in [0.2, 0.25) is 0 Å². The highest BCUT2D eigenvalue weighted by molar-refractivity contribution is 5.38. The molecule has 3 saturated heterocycles. The van der Waals surface area contributed by atoms with Crippen molar-refractivity contribution in [2.24, 2.45) is 11.3 Å². The molecule has 0 aromatic carbocycles. The summed E-state index contributed by atoms with van der Waals surface area (Å²) in [6.07, 6.45) is 5.98. The van der Waals surface area contributed by atoms with Gasteiger partial charge in [-0.15, -0.1) is 0 Å². The van der Waals surface area contributed by atoms with Crippen molar-refractivity contribution in [2.75, 3.05) is 57.8 Å². The van der Waals surface area contributed by atoms with E-state index in [1.54, 1.807) is 0 Å². The van der Waals surface area contributed by atoms with Crippen LogP contribution >= 0.6 is 0 Å². The fourth-order valence-electron chi connectivity index (χ4n) is 5.17. The van der Waals surface area contributed by atoms with Gasteiger partial charge in [-0.05, 0) is 56.3 Å². The zero-order valence-corrected chi connectivity index (χ0v) is 14.9. The second-order valence-corrected chi connectivity index (χ2v) is 8.14. The van der Waals surface area contributed by atoms with E-state index in [-0.39, 0.29) is 0 Å². The predicted molar refractivity (Wildman–Crippen MR) is 98.4 cm³/mol. The van der Waals surface area contributed by atoms with Crippen LogP contribution < -0.4 is 15.5 Å². The number of rotatable bonds is 2. The van der Waals surface area contributed by atoms with Crippen molar-refractivity contribution in [3.8, 4) is 0 Å². The largest absolute Gasteiger partial charge is 0.354 e. The molecular formula is C19H31N5. The van der Waals surface area contributed by atoms with Crippen molar-refractivity contribution in [3.05, 3.63) is 24.4 Å². The van der Waals surface area contributed by atoms with Crippen LogP contribution in [0.5, 0.6) is 0 Å². The number of piperazine rings is 1. The monoisotopic (exact) mass is 329 g/mol. The van der Waals surface area contributed by atoms with E-state index in [2.05, 4.69) is 44.6 Å². The molecule has 4 rings (SSSR count). The first-order valence-electron chi connectivity index (χ1n) is 9.53. The van der Waals surface area contributed by atoms with Gasteiger partial charge in [-0.2, -0.15) is 0 Å². The van der Waals surface area contributed by atoms with Crippen LogP contribution in [-0.4, -0.2) is 68.8 Å². The summed E-state index contributed by atoms with van der Waals surface area (Å²) in [5.74, 6) is 1.86. The molecule has 0 amide bonds. The Balaban J connectivity index is 1.46. The van der Waals surface area contributed by atoms with Gasteiger partial charge >= 0.3 is 0 Å². The maximum absolute atomic E-state index is 4.56. The van der Waals surface area contributed by atoms with Crippen LogP contribution in [0, 0.1) is 11.3 Å².